The highest BCUT2D eigenvalue weighted by molar-refractivity contribution is 7.99. The van der Waals surface area contributed by atoms with Crippen LogP contribution in [0.1, 0.15) is 50.2 Å². The molecule has 1 atom stereocenters. The van der Waals surface area contributed by atoms with Gasteiger partial charge in [0.25, 0.3) is 0 Å². The van der Waals surface area contributed by atoms with Crippen LogP contribution in [-0.2, 0) is 5.54 Å². The second kappa shape index (κ2) is 7.23. The molecule has 2 heterocycles. The Morgan fingerprint density at radius 3 is 2.46 bits per heavy atom. The van der Waals surface area contributed by atoms with Gasteiger partial charge >= 0.3 is 0 Å². The topological polar surface area (TPSA) is 46.8 Å². The fourth-order valence-corrected chi connectivity index (χ4v) is 3.98. The van der Waals surface area contributed by atoms with Crippen LogP contribution in [0.3, 0.4) is 0 Å². The van der Waals surface area contributed by atoms with Crippen molar-refractivity contribution in [1.82, 2.24) is 25.1 Å². The maximum atomic E-state index is 4.46. The average molecular weight is 346 g/mol. The Kier molecular flexibility index (Phi) is 5.25. The summed E-state index contributed by atoms with van der Waals surface area (Å²) in [6, 6.07) is 8.92. The van der Waals surface area contributed by atoms with E-state index in [1.165, 1.54) is 22.6 Å². The van der Waals surface area contributed by atoms with Gasteiger partial charge in [-0.25, -0.2) is 4.68 Å². The maximum absolute atomic E-state index is 4.46. The first-order valence-electron chi connectivity index (χ1n) is 8.70. The minimum atomic E-state index is -0.0910. The molecule has 0 spiro atoms. The van der Waals surface area contributed by atoms with Gasteiger partial charge in [0.2, 0.25) is 0 Å². The van der Waals surface area contributed by atoms with E-state index in [-0.39, 0.29) is 11.6 Å². The number of tetrazole rings is 1. The van der Waals surface area contributed by atoms with Crippen LogP contribution in [0.2, 0.25) is 0 Å². The van der Waals surface area contributed by atoms with Crippen molar-refractivity contribution >= 4 is 11.8 Å². The molecule has 3 rings (SSSR count). The molecule has 1 fully saturated rings. The van der Waals surface area contributed by atoms with Gasteiger partial charge in [0, 0.05) is 24.6 Å². The summed E-state index contributed by atoms with van der Waals surface area (Å²) in [6.45, 7) is 10.9. The van der Waals surface area contributed by atoms with Gasteiger partial charge in [0.1, 0.15) is 0 Å². The molecule has 130 valence electrons. The third-order valence-corrected chi connectivity index (χ3v) is 5.92. The summed E-state index contributed by atoms with van der Waals surface area (Å²) < 4.78 is 2.03. The number of aryl methyl sites for hydroxylation is 1. The summed E-state index contributed by atoms with van der Waals surface area (Å²) in [6.07, 6.45) is 0.988. The molecule has 0 aliphatic carbocycles. The van der Waals surface area contributed by atoms with Gasteiger partial charge in [-0.2, -0.15) is 11.8 Å². The third-order valence-electron chi connectivity index (χ3n) is 4.98. The lowest BCUT2D eigenvalue weighted by Crippen LogP contribution is -2.40. The quantitative estimate of drug-likeness (QED) is 0.832. The molecule has 0 bridgehead atoms. The van der Waals surface area contributed by atoms with E-state index in [4.69, 9.17) is 0 Å². The molecule has 1 aromatic carbocycles. The number of hydrogen-bond donors (Lipinski definition) is 0. The lowest BCUT2D eigenvalue weighted by atomic mass is 9.99. The molecule has 0 amide bonds. The normalized spacial score (nSPS) is 17.8. The number of hydrogen-bond acceptors (Lipinski definition) is 5. The highest BCUT2D eigenvalue weighted by Crippen LogP contribution is 2.32. The Labute approximate surface area is 148 Å². The van der Waals surface area contributed by atoms with Crippen LogP contribution >= 0.6 is 11.8 Å². The number of nitrogens with zero attached hydrogens (tertiary/aromatic N) is 5. The zero-order valence-corrected chi connectivity index (χ0v) is 15.9. The van der Waals surface area contributed by atoms with Crippen LogP contribution < -0.4 is 0 Å². The molecule has 0 N–H and O–H groups in total. The minimum absolute atomic E-state index is 0.0910. The van der Waals surface area contributed by atoms with E-state index in [0.717, 1.165) is 25.3 Å². The Balaban J connectivity index is 2.05. The Morgan fingerprint density at radius 2 is 1.83 bits per heavy atom. The maximum Gasteiger partial charge on any atom is 0.173 e. The van der Waals surface area contributed by atoms with Gasteiger partial charge in [-0.3, -0.25) is 4.90 Å². The molecule has 0 saturated carbocycles. The summed E-state index contributed by atoms with van der Waals surface area (Å²) in [7, 11) is 0. The van der Waals surface area contributed by atoms with Crippen molar-refractivity contribution in [1.29, 1.82) is 0 Å². The lowest BCUT2D eigenvalue weighted by molar-refractivity contribution is 0.212. The molecule has 24 heavy (non-hydrogen) atoms. The van der Waals surface area contributed by atoms with E-state index in [1.807, 2.05) is 16.4 Å². The predicted molar refractivity (Wildman–Crippen MR) is 99.4 cm³/mol. The van der Waals surface area contributed by atoms with Gasteiger partial charge in [0.15, 0.2) is 5.82 Å². The van der Waals surface area contributed by atoms with Gasteiger partial charge in [0.05, 0.1) is 11.6 Å². The van der Waals surface area contributed by atoms with Crippen LogP contribution in [0.15, 0.2) is 24.3 Å². The average Bonchev–Trinajstić information content (AvgIpc) is 3.08. The van der Waals surface area contributed by atoms with Crippen molar-refractivity contribution in [3.8, 4) is 0 Å². The first-order chi connectivity index (χ1) is 11.5. The van der Waals surface area contributed by atoms with Gasteiger partial charge in [-0.15, -0.1) is 5.10 Å². The summed E-state index contributed by atoms with van der Waals surface area (Å²) in [5.74, 6) is 3.29. The second-order valence-corrected chi connectivity index (χ2v) is 8.30. The summed E-state index contributed by atoms with van der Waals surface area (Å²) in [4.78, 5) is 2.52. The summed E-state index contributed by atoms with van der Waals surface area (Å²) >= 11 is 2.03. The molecule has 1 aromatic heterocycles. The molecular formula is C18H27N5S. The van der Waals surface area contributed by atoms with E-state index >= 15 is 0 Å². The Morgan fingerprint density at radius 1 is 1.17 bits per heavy atom. The van der Waals surface area contributed by atoms with Crippen LogP contribution in [0.4, 0.5) is 0 Å². The largest absolute Gasteiger partial charge is 0.288 e. The standard InChI is InChI=1S/C18H27N5S/c1-5-18(3,4)23-17(19-20-21-23)16(22-10-12-24-13-11-22)15-8-6-14(2)7-9-15/h6-9,16H,5,10-13H2,1-4H3/t16-/m1/s1. The highest BCUT2D eigenvalue weighted by atomic mass is 32.2. The van der Waals surface area contributed by atoms with E-state index in [1.54, 1.807) is 0 Å². The zero-order valence-electron chi connectivity index (χ0n) is 15.1. The highest BCUT2D eigenvalue weighted by Gasteiger charge is 2.33. The van der Waals surface area contributed by atoms with Crippen molar-refractivity contribution < 1.29 is 0 Å². The number of benzene rings is 1. The molecule has 0 radical (unpaired) electrons. The van der Waals surface area contributed by atoms with Crippen molar-refractivity contribution in [2.24, 2.45) is 0 Å². The van der Waals surface area contributed by atoms with Crippen molar-refractivity contribution in [2.75, 3.05) is 24.6 Å². The van der Waals surface area contributed by atoms with Crippen molar-refractivity contribution in [3.05, 3.63) is 41.2 Å². The number of thioether (sulfide) groups is 1. The number of aromatic nitrogens is 4. The fraction of sp³-hybridized carbons (Fsp3) is 0.611. The predicted octanol–water partition coefficient (Wildman–Crippen LogP) is 3.26. The first-order valence-corrected chi connectivity index (χ1v) is 9.85. The van der Waals surface area contributed by atoms with Gasteiger partial charge < -0.3 is 0 Å². The van der Waals surface area contributed by atoms with E-state index in [0.29, 0.717) is 0 Å². The SMILES string of the molecule is CCC(C)(C)n1nnnc1[C@@H](c1ccc(C)cc1)N1CCSCC1. The fourth-order valence-electron chi connectivity index (χ4n) is 3.05. The molecular weight excluding hydrogens is 318 g/mol. The molecule has 6 heteroatoms. The van der Waals surface area contributed by atoms with Crippen LogP contribution in [0, 0.1) is 6.92 Å². The van der Waals surface area contributed by atoms with Crippen molar-refractivity contribution in [2.45, 2.75) is 45.7 Å². The number of rotatable bonds is 5. The first kappa shape index (κ1) is 17.4. The second-order valence-electron chi connectivity index (χ2n) is 7.08. The lowest BCUT2D eigenvalue weighted by Gasteiger charge is -2.35. The monoisotopic (exact) mass is 345 g/mol. The van der Waals surface area contributed by atoms with Crippen molar-refractivity contribution in [3.63, 3.8) is 0 Å². The third kappa shape index (κ3) is 3.49. The van der Waals surface area contributed by atoms with Crippen LogP contribution in [0.25, 0.3) is 0 Å². The molecule has 1 aliphatic heterocycles. The molecule has 0 unspecified atom stereocenters. The van der Waals surface area contributed by atoms with E-state index < -0.39 is 0 Å². The summed E-state index contributed by atoms with van der Waals surface area (Å²) in [5.41, 5.74) is 2.46. The van der Waals surface area contributed by atoms with E-state index in [2.05, 4.69) is 72.4 Å². The zero-order chi connectivity index (χ0) is 17.2. The molecule has 5 nitrogen and oxygen atoms in total. The Hall–Kier alpha value is -1.40. The molecule has 2 aromatic rings. The summed E-state index contributed by atoms with van der Waals surface area (Å²) in [5, 5.41) is 12.8. The van der Waals surface area contributed by atoms with E-state index in [9.17, 15) is 0 Å². The van der Waals surface area contributed by atoms with Gasteiger partial charge in [-0.1, -0.05) is 36.8 Å². The minimum Gasteiger partial charge on any atom is -0.288 e. The van der Waals surface area contributed by atoms with Crippen LogP contribution in [-0.4, -0.2) is 49.7 Å². The molecule has 1 aliphatic rings. The Bertz CT molecular complexity index is 658. The van der Waals surface area contributed by atoms with Crippen LogP contribution in [0.5, 0.6) is 0 Å². The smallest absolute Gasteiger partial charge is 0.173 e. The van der Waals surface area contributed by atoms with Gasteiger partial charge in [-0.05, 0) is 43.2 Å². The molecule has 1 saturated heterocycles.